The predicted octanol–water partition coefficient (Wildman–Crippen LogP) is 1.74. The zero-order chi connectivity index (χ0) is 14.1. The summed E-state index contributed by atoms with van der Waals surface area (Å²) in [6.45, 7) is 0.630. The molecule has 1 aromatic carbocycles. The Morgan fingerprint density at radius 2 is 2.16 bits per heavy atom. The lowest BCUT2D eigenvalue weighted by atomic mass is 10.1. The highest BCUT2D eigenvalue weighted by Gasteiger charge is 2.09. The maximum absolute atomic E-state index is 11.8. The fourth-order valence-electron chi connectivity index (χ4n) is 1.57. The van der Waals surface area contributed by atoms with Crippen LogP contribution in [0.3, 0.4) is 0 Å². The SMILES string of the molecule is CSCC(=O)N(C)Cc1ccccc1C#CCCO. The van der Waals surface area contributed by atoms with Crippen LogP contribution in [0.5, 0.6) is 0 Å². The molecule has 0 aliphatic heterocycles. The molecule has 0 bridgehead atoms. The van der Waals surface area contributed by atoms with Gasteiger partial charge in [0.1, 0.15) is 0 Å². The van der Waals surface area contributed by atoms with Crippen molar-refractivity contribution in [2.24, 2.45) is 0 Å². The second-order valence-corrected chi connectivity index (χ2v) is 4.98. The first-order chi connectivity index (χ1) is 9.19. The molecular formula is C15H19NO2S. The topological polar surface area (TPSA) is 40.5 Å². The summed E-state index contributed by atoms with van der Waals surface area (Å²) in [6, 6.07) is 7.79. The first-order valence-electron chi connectivity index (χ1n) is 6.09. The van der Waals surface area contributed by atoms with E-state index >= 15 is 0 Å². The van der Waals surface area contributed by atoms with Crippen LogP contribution in [0.25, 0.3) is 0 Å². The molecule has 0 aliphatic carbocycles. The Morgan fingerprint density at radius 3 is 2.84 bits per heavy atom. The van der Waals surface area contributed by atoms with E-state index in [4.69, 9.17) is 5.11 Å². The number of hydrogen-bond donors (Lipinski definition) is 1. The molecule has 0 aromatic heterocycles. The van der Waals surface area contributed by atoms with Gasteiger partial charge in [-0.1, -0.05) is 30.0 Å². The molecule has 1 N–H and O–H groups in total. The van der Waals surface area contributed by atoms with Crippen LogP contribution >= 0.6 is 11.8 Å². The molecule has 0 saturated carbocycles. The van der Waals surface area contributed by atoms with E-state index in [1.54, 1.807) is 11.9 Å². The summed E-state index contributed by atoms with van der Waals surface area (Å²) in [5.41, 5.74) is 1.95. The van der Waals surface area contributed by atoms with Crippen LogP contribution in [-0.4, -0.2) is 41.6 Å². The largest absolute Gasteiger partial charge is 0.395 e. The zero-order valence-corrected chi connectivity index (χ0v) is 12.2. The van der Waals surface area contributed by atoms with E-state index < -0.39 is 0 Å². The molecule has 1 aromatic rings. The van der Waals surface area contributed by atoms with Crippen molar-refractivity contribution >= 4 is 17.7 Å². The molecule has 0 heterocycles. The van der Waals surface area contributed by atoms with Gasteiger partial charge in [-0.05, 0) is 17.9 Å². The average Bonchev–Trinajstić information content (AvgIpc) is 2.41. The first kappa shape index (κ1) is 15.6. The molecule has 0 atom stereocenters. The number of carbonyl (C=O) groups is 1. The molecule has 0 aliphatic rings. The normalized spacial score (nSPS) is 9.63. The summed E-state index contributed by atoms with van der Waals surface area (Å²) >= 11 is 1.52. The van der Waals surface area contributed by atoms with Crippen molar-refractivity contribution in [3.63, 3.8) is 0 Å². The number of amides is 1. The van der Waals surface area contributed by atoms with Crippen molar-refractivity contribution in [1.82, 2.24) is 4.90 Å². The van der Waals surface area contributed by atoms with E-state index in [0.717, 1.165) is 11.1 Å². The monoisotopic (exact) mass is 277 g/mol. The second-order valence-electron chi connectivity index (χ2n) is 4.12. The lowest BCUT2D eigenvalue weighted by Gasteiger charge is -2.17. The molecule has 1 rings (SSSR count). The van der Waals surface area contributed by atoms with Gasteiger partial charge in [0.2, 0.25) is 5.91 Å². The molecule has 1 amide bonds. The fourth-order valence-corrected chi connectivity index (χ4v) is 2.04. The van der Waals surface area contributed by atoms with E-state index in [-0.39, 0.29) is 12.5 Å². The van der Waals surface area contributed by atoms with Gasteiger partial charge < -0.3 is 10.0 Å². The quantitative estimate of drug-likeness (QED) is 0.834. The zero-order valence-electron chi connectivity index (χ0n) is 11.3. The van der Waals surface area contributed by atoms with Crippen LogP contribution < -0.4 is 0 Å². The minimum Gasteiger partial charge on any atom is -0.395 e. The van der Waals surface area contributed by atoms with E-state index in [2.05, 4.69) is 11.8 Å². The summed E-state index contributed by atoms with van der Waals surface area (Å²) in [7, 11) is 1.80. The van der Waals surface area contributed by atoms with Gasteiger partial charge in [0.05, 0.1) is 12.4 Å². The minimum atomic E-state index is 0.0707. The van der Waals surface area contributed by atoms with Gasteiger partial charge in [-0.15, -0.1) is 0 Å². The number of benzene rings is 1. The van der Waals surface area contributed by atoms with Crippen LogP contribution in [0.2, 0.25) is 0 Å². The summed E-state index contributed by atoms with van der Waals surface area (Å²) in [5, 5.41) is 8.73. The lowest BCUT2D eigenvalue weighted by molar-refractivity contribution is -0.127. The van der Waals surface area contributed by atoms with Crippen molar-refractivity contribution in [2.75, 3.05) is 25.7 Å². The number of rotatable bonds is 5. The first-order valence-corrected chi connectivity index (χ1v) is 7.49. The molecule has 19 heavy (non-hydrogen) atoms. The lowest BCUT2D eigenvalue weighted by Crippen LogP contribution is -2.28. The summed E-state index contributed by atoms with van der Waals surface area (Å²) < 4.78 is 0. The number of aliphatic hydroxyl groups is 1. The van der Waals surface area contributed by atoms with E-state index in [1.807, 2.05) is 30.5 Å². The maximum Gasteiger partial charge on any atom is 0.232 e. The Hall–Kier alpha value is -1.44. The van der Waals surface area contributed by atoms with Gasteiger partial charge >= 0.3 is 0 Å². The van der Waals surface area contributed by atoms with E-state index in [1.165, 1.54) is 11.8 Å². The van der Waals surface area contributed by atoms with Crippen LogP contribution in [0, 0.1) is 11.8 Å². The van der Waals surface area contributed by atoms with Gasteiger partial charge in [0.15, 0.2) is 0 Å². The predicted molar refractivity (Wildman–Crippen MR) is 79.9 cm³/mol. The van der Waals surface area contributed by atoms with Gasteiger partial charge in [-0.3, -0.25) is 4.79 Å². The number of aliphatic hydroxyl groups excluding tert-OH is 1. The molecule has 4 heteroatoms. The van der Waals surface area contributed by atoms with Crippen LogP contribution in [0.1, 0.15) is 17.5 Å². The van der Waals surface area contributed by atoms with Crippen molar-refractivity contribution in [1.29, 1.82) is 0 Å². The standard InChI is InChI=1S/C15H19NO2S/c1-16(15(18)12-19-2)11-14-9-4-3-7-13(14)8-5-6-10-17/h3-4,7,9,17H,6,10-12H2,1-2H3. The minimum absolute atomic E-state index is 0.0707. The molecule has 0 spiro atoms. The van der Waals surface area contributed by atoms with Gasteiger partial charge in [-0.2, -0.15) is 11.8 Å². The number of hydrogen-bond acceptors (Lipinski definition) is 3. The Kier molecular flexibility index (Phi) is 7.09. The Labute approximate surface area is 119 Å². The van der Waals surface area contributed by atoms with Gasteiger partial charge in [-0.25, -0.2) is 0 Å². The van der Waals surface area contributed by atoms with Crippen molar-refractivity contribution in [3.05, 3.63) is 35.4 Å². The van der Waals surface area contributed by atoms with Crippen LogP contribution in [0.15, 0.2) is 24.3 Å². The molecule has 0 fully saturated rings. The number of carbonyl (C=O) groups excluding carboxylic acids is 1. The molecule has 102 valence electrons. The van der Waals surface area contributed by atoms with Crippen molar-refractivity contribution in [3.8, 4) is 11.8 Å². The van der Waals surface area contributed by atoms with Crippen LogP contribution in [0.4, 0.5) is 0 Å². The highest BCUT2D eigenvalue weighted by Crippen LogP contribution is 2.11. The molecule has 0 radical (unpaired) electrons. The van der Waals surface area contributed by atoms with Crippen molar-refractivity contribution < 1.29 is 9.90 Å². The molecule has 0 unspecified atom stereocenters. The Morgan fingerprint density at radius 1 is 1.42 bits per heavy atom. The van der Waals surface area contributed by atoms with E-state index in [0.29, 0.717) is 18.7 Å². The third kappa shape index (κ3) is 5.37. The highest BCUT2D eigenvalue weighted by atomic mass is 32.2. The fraction of sp³-hybridized carbons (Fsp3) is 0.400. The molecular weight excluding hydrogens is 258 g/mol. The van der Waals surface area contributed by atoms with Crippen molar-refractivity contribution in [2.45, 2.75) is 13.0 Å². The third-order valence-electron chi connectivity index (χ3n) is 2.58. The molecule has 0 saturated heterocycles. The highest BCUT2D eigenvalue weighted by molar-refractivity contribution is 7.99. The summed E-state index contributed by atoms with van der Waals surface area (Å²) in [4.78, 5) is 13.5. The smallest absolute Gasteiger partial charge is 0.232 e. The summed E-state index contributed by atoms with van der Waals surface area (Å²) in [5.74, 6) is 6.56. The second kappa shape index (κ2) is 8.63. The Bertz CT molecular complexity index is 477. The van der Waals surface area contributed by atoms with Crippen LogP contribution in [-0.2, 0) is 11.3 Å². The Balaban J connectivity index is 2.78. The number of thioether (sulfide) groups is 1. The average molecular weight is 277 g/mol. The summed E-state index contributed by atoms with van der Waals surface area (Å²) in [6.07, 6.45) is 2.38. The molecule has 3 nitrogen and oxygen atoms in total. The van der Waals surface area contributed by atoms with E-state index in [9.17, 15) is 4.79 Å². The maximum atomic E-state index is 11.8. The van der Waals surface area contributed by atoms with Gasteiger partial charge in [0, 0.05) is 25.6 Å². The van der Waals surface area contributed by atoms with Gasteiger partial charge in [0.25, 0.3) is 0 Å². The third-order valence-corrected chi connectivity index (χ3v) is 3.11. The number of nitrogens with zero attached hydrogens (tertiary/aromatic N) is 1.